The van der Waals surface area contributed by atoms with Gasteiger partial charge in [-0.2, -0.15) is 0 Å². The summed E-state index contributed by atoms with van der Waals surface area (Å²) in [5, 5.41) is 0. The first-order valence-corrected chi connectivity index (χ1v) is 8.32. The van der Waals surface area contributed by atoms with Crippen LogP contribution in [-0.4, -0.2) is 12.7 Å². The third-order valence-electron chi connectivity index (χ3n) is 4.15. The number of rotatable bonds is 7. The summed E-state index contributed by atoms with van der Waals surface area (Å²) in [6.07, 6.45) is 9.15. The molecule has 0 radical (unpaired) electrons. The average Bonchev–Trinajstić information content (AvgIpc) is 2.86. The topological polar surface area (TPSA) is 18.5 Å². The predicted octanol–water partition coefficient (Wildman–Crippen LogP) is 5.47. The van der Waals surface area contributed by atoms with Crippen LogP contribution in [0.5, 0.6) is 11.5 Å². The Morgan fingerprint density at radius 2 is 2.09 bits per heavy atom. The molecule has 0 saturated heterocycles. The number of hydrogen-bond donors (Lipinski definition) is 0. The van der Waals surface area contributed by atoms with Gasteiger partial charge in [0.1, 0.15) is 24.2 Å². The van der Waals surface area contributed by atoms with Gasteiger partial charge in [0.2, 0.25) is 0 Å². The molecule has 0 N–H and O–H groups in total. The summed E-state index contributed by atoms with van der Waals surface area (Å²) in [4.78, 5) is 0. The first-order chi connectivity index (χ1) is 10.6. The molecular formula is C20H28O2. The highest BCUT2D eigenvalue weighted by molar-refractivity contribution is 5.43. The molecule has 0 amide bonds. The van der Waals surface area contributed by atoms with E-state index in [2.05, 4.69) is 45.9 Å². The summed E-state index contributed by atoms with van der Waals surface area (Å²) in [5.74, 6) is 1.87. The van der Waals surface area contributed by atoms with Gasteiger partial charge in [0, 0.05) is 12.5 Å². The molecule has 1 aliphatic heterocycles. The van der Waals surface area contributed by atoms with Crippen molar-refractivity contribution in [1.29, 1.82) is 0 Å². The molecule has 22 heavy (non-hydrogen) atoms. The summed E-state index contributed by atoms with van der Waals surface area (Å²) >= 11 is 0. The van der Waals surface area contributed by atoms with Crippen LogP contribution in [-0.2, 0) is 6.42 Å². The van der Waals surface area contributed by atoms with E-state index in [4.69, 9.17) is 9.47 Å². The van der Waals surface area contributed by atoms with E-state index < -0.39 is 0 Å². The Bertz CT molecular complexity index is 555. The first-order valence-electron chi connectivity index (χ1n) is 8.32. The molecule has 1 heterocycles. The van der Waals surface area contributed by atoms with Crippen LogP contribution in [0.2, 0.25) is 0 Å². The summed E-state index contributed by atoms with van der Waals surface area (Å²) in [6, 6.07) is 6.16. The Kier molecular flexibility index (Phi) is 6.11. The number of benzene rings is 1. The minimum Gasteiger partial charge on any atom is -0.490 e. The fraction of sp³-hybridized carbons (Fsp3) is 0.500. The quantitative estimate of drug-likeness (QED) is 0.621. The number of allylic oxidation sites excluding steroid dienone is 3. The Morgan fingerprint density at radius 3 is 2.86 bits per heavy atom. The average molecular weight is 300 g/mol. The van der Waals surface area contributed by atoms with E-state index in [9.17, 15) is 0 Å². The van der Waals surface area contributed by atoms with Crippen molar-refractivity contribution in [1.82, 2.24) is 0 Å². The highest BCUT2D eigenvalue weighted by Gasteiger charge is 2.18. The second kappa shape index (κ2) is 8.07. The zero-order valence-corrected chi connectivity index (χ0v) is 14.3. The smallest absolute Gasteiger partial charge is 0.126 e. The molecule has 1 atom stereocenters. The van der Waals surface area contributed by atoms with E-state index in [1.165, 1.54) is 16.7 Å². The van der Waals surface area contributed by atoms with Gasteiger partial charge in [-0.15, -0.1) is 0 Å². The lowest BCUT2D eigenvalue weighted by molar-refractivity contribution is 0.253. The zero-order valence-electron chi connectivity index (χ0n) is 14.3. The van der Waals surface area contributed by atoms with Crippen molar-refractivity contribution < 1.29 is 9.47 Å². The van der Waals surface area contributed by atoms with Gasteiger partial charge in [0.15, 0.2) is 0 Å². The van der Waals surface area contributed by atoms with Crippen LogP contribution in [0.15, 0.2) is 41.5 Å². The molecule has 0 bridgehead atoms. The van der Waals surface area contributed by atoms with Gasteiger partial charge < -0.3 is 9.47 Å². The molecule has 0 aliphatic carbocycles. The summed E-state index contributed by atoms with van der Waals surface area (Å²) < 4.78 is 11.6. The molecule has 0 spiro atoms. The maximum atomic E-state index is 5.81. The minimum absolute atomic E-state index is 0.284. The standard InChI is InChI=1S/C20H28O2/c1-5-15(2)7-6-8-16(3)11-12-21-19-10-9-18-13-17(4)22-20(18)14-19/h7,9-11,14,17H,5-6,8,12-13H2,1-4H3. The predicted molar refractivity (Wildman–Crippen MR) is 92.8 cm³/mol. The van der Waals surface area contributed by atoms with E-state index in [0.717, 1.165) is 37.2 Å². The summed E-state index contributed by atoms with van der Waals surface area (Å²) in [6.45, 7) is 9.28. The third kappa shape index (κ3) is 4.94. The lowest BCUT2D eigenvalue weighted by atomic mass is 10.1. The second-order valence-corrected chi connectivity index (χ2v) is 6.21. The third-order valence-corrected chi connectivity index (χ3v) is 4.15. The number of hydrogen-bond acceptors (Lipinski definition) is 2. The van der Waals surface area contributed by atoms with Gasteiger partial charge >= 0.3 is 0 Å². The van der Waals surface area contributed by atoms with E-state index >= 15 is 0 Å². The number of fused-ring (bicyclic) bond motifs is 1. The lowest BCUT2D eigenvalue weighted by Crippen LogP contribution is -2.05. The Balaban J connectivity index is 1.78. The van der Waals surface area contributed by atoms with E-state index in [1.807, 2.05) is 12.1 Å². The summed E-state index contributed by atoms with van der Waals surface area (Å²) in [7, 11) is 0. The van der Waals surface area contributed by atoms with Crippen LogP contribution >= 0.6 is 0 Å². The molecule has 2 nitrogen and oxygen atoms in total. The molecule has 1 aromatic carbocycles. The monoisotopic (exact) mass is 300 g/mol. The van der Waals surface area contributed by atoms with Crippen molar-refractivity contribution in [3.63, 3.8) is 0 Å². The molecular weight excluding hydrogens is 272 g/mol. The molecule has 0 saturated carbocycles. The largest absolute Gasteiger partial charge is 0.490 e. The van der Waals surface area contributed by atoms with Crippen molar-refractivity contribution in [2.75, 3.05) is 6.61 Å². The van der Waals surface area contributed by atoms with Gasteiger partial charge in [-0.05, 0) is 57.7 Å². The van der Waals surface area contributed by atoms with Gasteiger partial charge in [-0.1, -0.05) is 30.2 Å². The second-order valence-electron chi connectivity index (χ2n) is 6.21. The van der Waals surface area contributed by atoms with Crippen LogP contribution in [0.4, 0.5) is 0 Å². The fourth-order valence-electron chi connectivity index (χ4n) is 2.54. The van der Waals surface area contributed by atoms with Crippen LogP contribution in [0.25, 0.3) is 0 Å². The van der Waals surface area contributed by atoms with Crippen molar-refractivity contribution in [3.05, 3.63) is 47.1 Å². The number of ether oxygens (including phenoxy) is 2. The maximum absolute atomic E-state index is 5.81. The van der Waals surface area contributed by atoms with Crippen LogP contribution < -0.4 is 9.47 Å². The van der Waals surface area contributed by atoms with E-state index in [1.54, 1.807) is 0 Å². The van der Waals surface area contributed by atoms with Gasteiger partial charge in [-0.25, -0.2) is 0 Å². The fourth-order valence-corrected chi connectivity index (χ4v) is 2.54. The van der Waals surface area contributed by atoms with Crippen molar-refractivity contribution in [3.8, 4) is 11.5 Å². The Hall–Kier alpha value is -1.70. The Labute approximate surface area is 134 Å². The van der Waals surface area contributed by atoms with Gasteiger partial charge in [-0.3, -0.25) is 0 Å². The molecule has 2 heteroatoms. The molecule has 0 aromatic heterocycles. The molecule has 1 aliphatic rings. The van der Waals surface area contributed by atoms with Crippen LogP contribution in [0.3, 0.4) is 0 Å². The summed E-state index contributed by atoms with van der Waals surface area (Å²) in [5.41, 5.74) is 4.13. The molecule has 120 valence electrons. The lowest BCUT2D eigenvalue weighted by Gasteiger charge is -2.07. The van der Waals surface area contributed by atoms with Crippen molar-refractivity contribution >= 4 is 0 Å². The van der Waals surface area contributed by atoms with Crippen LogP contribution in [0.1, 0.15) is 52.5 Å². The molecule has 0 fully saturated rings. The van der Waals surface area contributed by atoms with Crippen LogP contribution in [0, 0.1) is 0 Å². The van der Waals surface area contributed by atoms with Crippen molar-refractivity contribution in [2.24, 2.45) is 0 Å². The maximum Gasteiger partial charge on any atom is 0.126 e. The molecule has 1 unspecified atom stereocenters. The van der Waals surface area contributed by atoms with E-state index in [-0.39, 0.29) is 6.10 Å². The molecule has 1 aromatic rings. The van der Waals surface area contributed by atoms with Gasteiger partial charge in [0.05, 0.1) is 0 Å². The normalized spacial score (nSPS) is 18.1. The SMILES string of the molecule is CCC(C)=CCCC(C)=CCOc1ccc2c(c1)OC(C)C2. The first kappa shape index (κ1) is 16.7. The minimum atomic E-state index is 0.284. The highest BCUT2D eigenvalue weighted by atomic mass is 16.5. The van der Waals surface area contributed by atoms with E-state index in [0.29, 0.717) is 6.61 Å². The highest BCUT2D eigenvalue weighted by Crippen LogP contribution is 2.32. The zero-order chi connectivity index (χ0) is 15.9. The molecule has 2 rings (SSSR count). The van der Waals surface area contributed by atoms with Gasteiger partial charge in [0.25, 0.3) is 0 Å². The Morgan fingerprint density at radius 1 is 1.27 bits per heavy atom. The van der Waals surface area contributed by atoms with Crippen molar-refractivity contribution in [2.45, 2.75) is 59.5 Å².